The van der Waals surface area contributed by atoms with Crippen LogP contribution >= 0.6 is 15.9 Å². The van der Waals surface area contributed by atoms with Gasteiger partial charge in [-0.25, -0.2) is 8.42 Å². The molecule has 0 spiro atoms. The van der Waals surface area contributed by atoms with E-state index >= 15 is 0 Å². The van der Waals surface area contributed by atoms with Gasteiger partial charge in [-0.1, -0.05) is 48.8 Å². The van der Waals surface area contributed by atoms with Crippen molar-refractivity contribution in [3.05, 3.63) is 58.1 Å². The standard InChI is InChI=1S/C21H27BrN2O4S/c1-5-18(15-8-11-17(22)12-9-15)23-21(25)16-10-13-19(28-4)20(14-16)29(26,27)24(6-2)7-3/h8-14,18H,5-7H2,1-4H3,(H,23,25). The molecule has 1 amide bonds. The third-order valence-corrected chi connectivity index (χ3v) is 7.33. The normalized spacial score (nSPS) is 12.6. The predicted molar refractivity (Wildman–Crippen MR) is 118 cm³/mol. The van der Waals surface area contributed by atoms with Gasteiger partial charge in [0.2, 0.25) is 10.0 Å². The van der Waals surface area contributed by atoms with E-state index in [1.54, 1.807) is 19.9 Å². The van der Waals surface area contributed by atoms with E-state index in [1.807, 2.05) is 31.2 Å². The van der Waals surface area contributed by atoms with Gasteiger partial charge in [-0.15, -0.1) is 0 Å². The molecule has 2 aromatic rings. The lowest BCUT2D eigenvalue weighted by Crippen LogP contribution is -2.32. The molecule has 2 rings (SSSR count). The van der Waals surface area contributed by atoms with Gasteiger partial charge in [0.25, 0.3) is 5.91 Å². The number of ether oxygens (including phenoxy) is 1. The number of sulfonamides is 1. The molecule has 0 aromatic heterocycles. The van der Waals surface area contributed by atoms with E-state index in [0.717, 1.165) is 10.0 Å². The van der Waals surface area contributed by atoms with Crippen molar-refractivity contribution >= 4 is 31.9 Å². The lowest BCUT2D eigenvalue weighted by molar-refractivity contribution is 0.0935. The molecule has 1 atom stereocenters. The van der Waals surface area contributed by atoms with Gasteiger partial charge in [-0.05, 0) is 42.3 Å². The largest absolute Gasteiger partial charge is 0.495 e. The maximum absolute atomic E-state index is 13.0. The average Bonchev–Trinajstić information content (AvgIpc) is 2.72. The Bertz CT molecular complexity index is 942. The minimum atomic E-state index is -3.77. The average molecular weight is 483 g/mol. The highest BCUT2D eigenvalue weighted by Gasteiger charge is 2.27. The van der Waals surface area contributed by atoms with Crippen LogP contribution in [0, 0.1) is 0 Å². The molecule has 0 aliphatic rings. The Labute approximate surface area is 181 Å². The number of halogens is 1. The van der Waals surface area contributed by atoms with Crippen LogP contribution in [-0.2, 0) is 10.0 Å². The molecule has 6 nitrogen and oxygen atoms in total. The summed E-state index contributed by atoms with van der Waals surface area (Å²) in [6.07, 6.45) is 0.703. The van der Waals surface area contributed by atoms with E-state index in [2.05, 4.69) is 21.2 Å². The summed E-state index contributed by atoms with van der Waals surface area (Å²) >= 11 is 3.41. The van der Waals surface area contributed by atoms with Crippen molar-refractivity contribution in [1.29, 1.82) is 0 Å². The molecule has 0 heterocycles. The van der Waals surface area contributed by atoms with Gasteiger partial charge >= 0.3 is 0 Å². The lowest BCUT2D eigenvalue weighted by Gasteiger charge is -2.21. The van der Waals surface area contributed by atoms with Crippen LogP contribution in [-0.4, -0.2) is 38.8 Å². The summed E-state index contributed by atoms with van der Waals surface area (Å²) in [5, 5.41) is 2.99. The first-order valence-electron chi connectivity index (χ1n) is 9.52. The summed E-state index contributed by atoms with van der Waals surface area (Å²) in [6, 6.07) is 12.0. The zero-order valence-corrected chi connectivity index (χ0v) is 19.5. The monoisotopic (exact) mass is 482 g/mol. The van der Waals surface area contributed by atoms with E-state index in [-0.39, 0.29) is 28.2 Å². The molecular weight excluding hydrogens is 456 g/mol. The van der Waals surface area contributed by atoms with Gasteiger partial charge in [0.1, 0.15) is 10.6 Å². The van der Waals surface area contributed by atoms with Gasteiger partial charge in [-0.2, -0.15) is 4.31 Å². The van der Waals surface area contributed by atoms with Gasteiger partial charge in [0, 0.05) is 23.1 Å². The van der Waals surface area contributed by atoms with Crippen LogP contribution in [0.4, 0.5) is 0 Å². The molecule has 0 aliphatic carbocycles. The second kappa shape index (κ2) is 10.2. The molecule has 0 saturated heterocycles. The van der Waals surface area contributed by atoms with Crippen LogP contribution in [0.2, 0.25) is 0 Å². The van der Waals surface area contributed by atoms with Gasteiger partial charge in [-0.3, -0.25) is 4.79 Å². The molecule has 0 bridgehead atoms. The fourth-order valence-electron chi connectivity index (χ4n) is 3.08. The highest BCUT2D eigenvalue weighted by Crippen LogP contribution is 2.28. The van der Waals surface area contributed by atoms with Crippen LogP contribution in [0.3, 0.4) is 0 Å². The van der Waals surface area contributed by atoms with E-state index in [4.69, 9.17) is 4.74 Å². The fraction of sp³-hybridized carbons (Fsp3) is 0.381. The van der Waals surface area contributed by atoms with Crippen molar-refractivity contribution in [1.82, 2.24) is 9.62 Å². The summed E-state index contributed by atoms with van der Waals surface area (Å²) in [7, 11) is -2.35. The summed E-state index contributed by atoms with van der Waals surface area (Å²) in [5.41, 5.74) is 1.25. The van der Waals surface area contributed by atoms with Crippen LogP contribution < -0.4 is 10.1 Å². The molecule has 2 aromatic carbocycles. The van der Waals surface area contributed by atoms with Crippen molar-refractivity contribution in [2.24, 2.45) is 0 Å². The van der Waals surface area contributed by atoms with Crippen molar-refractivity contribution < 1.29 is 17.9 Å². The third kappa shape index (κ3) is 5.38. The quantitative estimate of drug-likeness (QED) is 0.575. The van der Waals surface area contributed by atoms with E-state index in [0.29, 0.717) is 19.5 Å². The molecule has 0 saturated carbocycles. The van der Waals surface area contributed by atoms with Gasteiger partial charge in [0.15, 0.2) is 0 Å². The van der Waals surface area contributed by atoms with Crippen LogP contribution in [0.15, 0.2) is 51.8 Å². The second-order valence-electron chi connectivity index (χ2n) is 6.44. The number of hydrogen-bond donors (Lipinski definition) is 1. The maximum Gasteiger partial charge on any atom is 0.251 e. The van der Waals surface area contributed by atoms with Crippen LogP contribution in [0.5, 0.6) is 5.75 Å². The Hall–Kier alpha value is -1.90. The number of nitrogens with one attached hydrogen (secondary N) is 1. The SMILES string of the molecule is CCC(NC(=O)c1ccc(OC)c(S(=O)(=O)N(CC)CC)c1)c1ccc(Br)cc1. The molecule has 29 heavy (non-hydrogen) atoms. The minimum Gasteiger partial charge on any atom is -0.495 e. The number of methoxy groups -OCH3 is 1. The Kier molecular flexibility index (Phi) is 8.24. The zero-order valence-electron chi connectivity index (χ0n) is 17.1. The van der Waals surface area contributed by atoms with Gasteiger partial charge < -0.3 is 10.1 Å². The molecule has 1 N–H and O–H groups in total. The minimum absolute atomic E-state index is 0.00644. The fourth-order valence-corrected chi connectivity index (χ4v) is 4.98. The Morgan fingerprint density at radius 1 is 1.10 bits per heavy atom. The molecule has 0 fully saturated rings. The highest BCUT2D eigenvalue weighted by atomic mass is 79.9. The second-order valence-corrected chi connectivity index (χ2v) is 9.26. The number of carbonyl (C=O) groups is 1. The highest BCUT2D eigenvalue weighted by molar-refractivity contribution is 9.10. The Balaban J connectivity index is 2.37. The predicted octanol–water partition coefficient (Wildman–Crippen LogP) is 4.37. The first kappa shape index (κ1) is 23.4. The number of hydrogen-bond acceptors (Lipinski definition) is 4. The summed E-state index contributed by atoms with van der Waals surface area (Å²) in [6.45, 7) is 6.19. The smallest absolute Gasteiger partial charge is 0.251 e. The van der Waals surface area contributed by atoms with E-state index in [1.165, 1.54) is 23.5 Å². The topological polar surface area (TPSA) is 75.7 Å². The molecule has 0 radical (unpaired) electrons. The number of carbonyl (C=O) groups excluding carboxylic acids is 1. The first-order valence-corrected chi connectivity index (χ1v) is 11.8. The van der Waals surface area contributed by atoms with Crippen molar-refractivity contribution in [3.63, 3.8) is 0 Å². The summed E-state index contributed by atoms with van der Waals surface area (Å²) < 4.78 is 33.5. The number of benzene rings is 2. The Morgan fingerprint density at radius 2 is 1.72 bits per heavy atom. The number of amides is 1. The molecule has 158 valence electrons. The van der Waals surface area contributed by atoms with E-state index < -0.39 is 10.0 Å². The van der Waals surface area contributed by atoms with Crippen molar-refractivity contribution in [2.45, 2.75) is 38.1 Å². The number of nitrogens with zero attached hydrogens (tertiary/aromatic N) is 1. The van der Waals surface area contributed by atoms with Crippen LogP contribution in [0.25, 0.3) is 0 Å². The van der Waals surface area contributed by atoms with Crippen molar-refractivity contribution in [3.8, 4) is 5.75 Å². The van der Waals surface area contributed by atoms with Crippen LogP contribution in [0.1, 0.15) is 49.2 Å². The summed E-state index contributed by atoms with van der Waals surface area (Å²) in [4.78, 5) is 12.9. The third-order valence-electron chi connectivity index (χ3n) is 4.74. The van der Waals surface area contributed by atoms with Gasteiger partial charge in [0.05, 0.1) is 13.2 Å². The summed E-state index contributed by atoms with van der Waals surface area (Å²) in [5.74, 6) is -0.119. The molecule has 0 aliphatic heterocycles. The molecule has 1 unspecified atom stereocenters. The lowest BCUT2D eigenvalue weighted by atomic mass is 10.0. The Morgan fingerprint density at radius 3 is 2.24 bits per heavy atom. The molecule has 8 heteroatoms. The maximum atomic E-state index is 13.0. The molecular formula is C21H27BrN2O4S. The number of rotatable bonds is 9. The van der Waals surface area contributed by atoms with E-state index in [9.17, 15) is 13.2 Å². The first-order chi connectivity index (χ1) is 13.8. The zero-order chi connectivity index (χ0) is 21.6. The van der Waals surface area contributed by atoms with Crippen molar-refractivity contribution in [2.75, 3.05) is 20.2 Å².